The zero-order valence-electron chi connectivity index (χ0n) is 21.8. The van der Waals surface area contributed by atoms with Gasteiger partial charge in [0.25, 0.3) is 0 Å². The largest absolute Gasteiger partial charge is 0.396 e. The number of aliphatic hydroxyl groups excluding tert-OH is 1. The highest BCUT2D eigenvalue weighted by Crippen LogP contribution is 2.28. The lowest BCUT2D eigenvalue weighted by Gasteiger charge is -2.40. The fourth-order valence-electron chi connectivity index (χ4n) is 4.73. The summed E-state index contributed by atoms with van der Waals surface area (Å²) < 4.78 is 5.61. The highest BCUT2D eigenvalue weighted by atomic mass is 35.5. The zero-order valence-corrected chi connectivity index (χ0v) is 23.3. The predicted octanol–water partition coefficient (Wildman–Crippen LogP) is 1.65. The molecule has 212 valence electrons. The molecular formula is C25H34Cl2N8O4. The predicted molar refractivity (Wildman–Crippen MR) is 149 cm³/mol. The number of rotatable bonds is 11. The number of aliphatic hydroxyl groups is 1. The first kappa shape index (κ1) is 29.1. The standard InChI is InChI=1S/C25H34Cl2N8O4/c1-28-23-31-24(30-19(8-11-36)17-6-2-3-7-18(17)27)33-25(32-23)34-9-10-35(21(37)13-26)20(15-34)22(38)29-14-16-5-4-12-39-16/h2-3,6-7,16,19-20,36H,4-5,8-15H2,1H3,(H,29,38)(H2,28,30,31,32,33)/t16?,19-,20?/m0/s1. The van der Waals surface area contributed by atoms with Crippen molar-refractivity contribution in [2.75, 3.05) is 67.9 Å². The molecule has 3 atom stereocenters. The molecule has 0 saturated carbocycles. The van der Waals surface area contributed by atoms with E-state index < -0.39 is 6.04 Å². The maximum Gasteiger partial charge on any atom is 0.244 e. The SMILES string of the molecule is CNc1nc(N[C@@H](CCO)c2ccccc2Cl)nc(N2CCN(C(=O)CCl)C(C(=O)NCC3CCCO3)C2)n1. The fraction of sp³-hybridized carbons (Fsp3) is 0.560. The van der Waals surface area contributed by atoms with Crippen molar-refractivity contribution in [2.45, 2.75) is 37.5 Å². The van der Waals surface area contributed by atoms with Crippen molar-refractivity contribution >= 4 is 52.9 Å². The summed E-state index contributed by atoms with van der Waals surface area (Å²) in [6.07, 6.45) is 2.21. The minimum absolute atomic E-state index is 0.0221. The molecule has 14 heteroatoms. The minimum Gasteiger partial charge on any atom is -0.396 e. The lowest BCUT2D eigenvalue weighted by molar-refractivity contribution is -0.139. The monoisotopic (exact) mass is 580 g/mol. The number of nitrogens with zero attached hydrogens (tertiary/aromatic N) is 5. The molecule has 4 rings (SSSR count). The molecule has 12 nitrogen and oxygen atoms in total. The van der Waals surface area contributed by atoms with Crippen LogP contribution in [0.4, 0.5) is 17.8 Å². The smallest absolute Gasteiger partial charge is 0.244 e. The Hall–Kier alpha value is -2.93. The molecular weight excluding hydrogens is 547 g/mol. The Bertz CT molecular complexity index is 1140. The first-order valence-electron chi connectivity index (χ1n) is 13.0. The summed E-state index contributed by atoms with van der Waals surface area (Å²) in [7, 11) is 1.70. The summed E-state index contributed by atoms with van der Waals surface area (Å²) in [4.78, 5) is 42.7. The Balaban J connectivity index is 1.55. The van der Waals surface area contributed by atoms with Gasteiger partial charge in [-0.25, -0.2) is 0 Å². The van der Waals surface area contributed by atoms with Gasteiger partial charge in [0, 0.05) is 44.9 Å². The van der Waals surface area contributed by atoms with Gasteiger partial charge < -0.3 is 35.6 Å². The number of piperazine rings is 1. The third-order valence-corrected chi connectivity index (χ3v) is 7.35. The molecule has 1 aromatic carbocycles. The molecule has 2 aliphatic heterocycles. The van der Waals surface area contributed by atoms with E-state index >= 15 is 0 Å². The average molecular weight is 582 g/mol. The molecule has 2 aliphatic rings. The van der Waals surface area contributed by atoms with Crippen LogP contribution in [-0.4, -0.2) is 101 Å². The van der Waals surface area contributed by atoms with Crippen molar-refractivity contribution in [1.82, 2.24) is 25.2 Å². The Kier molecular flexibility index (Phi) is 10.4. The van der Waals surface area contributed by atoms with Gasteiger partial charge in [0.05, 0.1) is 18.7 Å². The molecule has 3 heterocycles. The van der Waals surface area contributed by atoms with E-state index in [1.54, 1.807) is 13.1 Å². The summed E-state index contributed by atoms with van der Waals surface area (Å²) in [6.45, 7) is 1.86. The molecule has 0 aliphatic carbocycles. The van der Waals surface area contributed by atoms with Crippen LogP contribution in [-0.2, 0) is 14.3 Å². The van der Waals surface area contributed by atoms with E-state index in [2.05, 4.69) is 30.9 Å². The van der Waals surface area contributed by atoms with Crippen molar-refractivity contribution in [2.24, 2.45) is 0 Å². The molecule has 2 unspecified atom stereocenters. The highest BCUT2D eigenvalue weighted by molar-refractivity contribution is 6.31. The number of carbonyl (C=O) groups excluding carboxylic acids is 2. The van der Waals surface area contributed by atoms with Crippen molar-refractivity contribution in [1.29, 1.82) is 0 Å². The Morgan fingerprint density at radius 3 is 2.69 bits per heavy atom. The first-order valence-corrected chi connectivity index (χ1v) is 13.9. The number of amides is 2. The summed E-state index contributed by atoms with van der Waals surface area (Å²) in [6, 6.07) is 6.25. The van der Waals surface area contributed by atoms with Crippen LogP contribution in [0, 0.1) is 0 Å². The van der Waals surface area contributed by atoms with Gasteiger partial charge >= 0.3 is 0 Å². The molecule has 1 aromatic heterocycles. The first-order chi connectivity index (χ1) is 18.9. The number of halogens is 2. The van der Waals surface area contributed by atoms with E-state index in [-0.39, 0.29) is 55.5 Å². The van der Waals surface area contributed by atoms with E-state index in [0.29, 0.717) is 43.0 Å². The topological polar surface area (TPSA) is 145 Å². The number of alkyl halides is 1. The van der Waals surface area contributed by atoms with Gasteiger partial charge in [-0.05, 0) is 30.9 Å². The van der Waals surface area contributed by atoms with Crippen molar-refractivity contribution in [3.63, 3.8) is 0 Å². The molecule has 0 bridgehead atoms. The van der Waals surface area contributed by atoms with Crippen LogP contribution in [0.2, 0.25) is 5.02 Å². The number of anilines is 3. The molecule has 0 radical (unpaired) electrons. The molecule has 2 amide bonds. The number of ether oxygens (including phenoxy) is 1. The highest BCUT2D eigenvalue weighted by Gasteiger charge is 2.36. The second-order valence-corrected chi connectivity index (χ2v) is 10.0. The van der Waals surface area contributed by atoms with Gasteiger partial charge in [-0.3, -0.25) is 9.59 Å². The Morgan fingerprint density at radius 1 is 1.21 bits per heavy atom. The van der Waals surface area contributed by atoms with E-state index in [1.165, 1.54) is 4.90 Å². The summed E-state index contributed by atoms with van der Waals surface area (Å²) in [5.74, 6) is 0.136. The van der Waals surface area contributed by atoms with Crippen LogP contribution in [0.5, 0.6) is 0 Å². The van der Waals surface area contributed by atoms with Gasteiger partial charge in [-0.1, -0.05) is 29.8 Å². The Labute approximate surface area is 237 Å². The second kappa shape index (κ2) is 13.9. The van der Waals surface area contributed by atoms with E-state index in [9.17, 15) is 14.7 Å². The van der Waals surface area contributed by atoms with Crippen LogP contribution in [0.3, 0.4) is 0 Å². The van der Waals surface area contributed by atoms with Gasteiger partial charge in [0.15, 0.2) is 0 Å². The fourth-order valence-corrected chi connectivity index (χ4v) is 5.15. The normalized spacial score (nSPS) is 20.0. The molecule has 39 heavy (non-hydrogen) atoms. The maximum atomic E-state index is 13.2. The van der Waals surface area contributed by atoms with Gasteiger partial charge in [0.1, 0.15) is 11.9 Å². The molecule has 2 aromatic rings. The summed E-state index contributed by atoms with van der Waals surface area (Å²) in [5, 5.41) is 19.4. The zero-order chi connectivity index (χ0) is 27.8. The quantitative estimate of drug-likeness (QED) is 0.289. The van der Waals surface area contributed by atoms with Gasteiger partial charge in [-0.15, -0.1) is 11.6 Å². The number of aromatic nitrogens is 3. The van der Waals surface area contributed by atoms with Crippen LogP contribution in [0.15, 0.2) is 24.3 Å². The Morgan fingerprint density at radius 2 is 2.00 bits per heavy atom. The van der Waals surface area contributed by atoms with Crippen LogP contribution in [0.1, 0.15) is 30.9 Å². The third-order valence-electron chi connectivity index (χ3n) is 6.78. The molecule has 4 N–H and O–H groups in total. The number of benzene rings is 1. The number of carbonyl (C=O) groups is 2. The molecule has 2 fully saturated rings. The lowest BCUT2D eigenvalue weighted by Crippen LogP contribution is -2.61. The van der Waals surface area contributed by atoms with Crippen LogP contribution >= 0.6 is 23.2 Å². The lowest BCUT2D eigenvalue weighted by atomic mass is 10.0. The summed E-state index contributed by atoms with van der Waals surface area (Å²) >= 11 is 12.3. The van der Waals surface area contributed by atoms with Gasteiger partial charge in [-0.2, -0.15) is 15.0 Å². The van der Waals surface area contributed by atoms with E-state index in [0.717, 1.165) is 18.4 Å². The number of hydrogen-bond donors (Lipinski definition) is 4. The third kappa shape index (κ3) is 7.38. The molecule has 0 spiro atoms. The van der Waals surface area contributed by atoms with Gasteiger partial charge in [0.2, 0.25) is 29.7 Å². The maximum absolute atomic E-state index is 13.2. The van der Waals surface area contributed by atoms with E-state index in [4.69, 9.17) is 27.9 Å². The number of nitrogens with one attached hydrogen (secondary N) is 3. The summed E-state index contributed by atoms with van der Waals surface area (Å²) in [5.41, 5.74) is 0.803. The van der Waals surface area contributed by atoms with E-state index in [1.807, 2.05) is 23.1 Å². The van der Waals surface area contributed by atoms with Crippen LogP contribution in [0.25, 0.3) is 0 Å². The van der Waals surface area contributed by atoms with Crippen LogP contribution < -0.4 is 20.9 Å². The number of hydrogen-bond acceptors (Lipinski definition) is 10. The average Bonchev–Trinajstić information content (AvgIpc) is 3.49. The van der Waals surface area contributed by atoms with Crippen molar-refractivity contribution in [3.05, 3.63) is 34.9 Å². The van der Waals surface area contributed by atoms with Crippen molar-refractivity contribution in [3.8, 4) is 0 Å². The minimum atomic E-state index is -0.775. The molecule has 2 saturated heterocycles. The van der Waals surface area contributed by atoms with Crippen molar-refractivity contribution < 1.29 is 19.4 Å². The second-order valence-electron chi connectivity index (χ2n) is 9.33.